The molecule has 0 heterocycles. The number of terminal acetylenes is 1. The zero-order valence-corrected chi connectivity index (χ0v) is 12.3. The smallest absolute Gasteiger partial charge is 0.268 e. The van der Waals surface area contributed by atoms with Crippen molar-refractivity contribution in [1.29, 1.82) is 0 Å². The van der Waals surface area contributed by atoms with Crippen molar-refractivity contribution in [3.63, 3.8) is 0 Å². The fourth-order valence-electron chi connectivity index (χ4n) is 1.79. The highest BCUT2D eigenvalue weighted by Gasteiger charge is 2.44. The predicted octanol–water partition coefficient (Wildman–Crippen LogP) is 0.651. The minimum absolute atomic E-state index is 0.0177. The number of benzene rings is 1. The Labute approximate surface area is 132 Å². The molecule has 23 heavy (non-hydrogen) atoms. The number of alkyl halides is 2. The third-order valence-corrected chi connectivity index (χ3v) is 3.14. The normalized spacial score (nSPS) is 14.1. The van der Waals surface area contributed by atoms with Crippen molar-refractivity contribution in [1.82, 2.24) is 10.8 Å². The zero-order valence-electron chi connectivity index (χ0n) is 12.3. The van der Waals surface area contributed by atoms with Gasteiger partial charge in [0.1, 0.15) is 11.6 Å². The Balaban J connectivity index is 2.83. The molecule has 0 aliphatic carbocycles. The van der Waals surface area contributed by atoms with Crippen molar-refractivity contribution >= 4 is 5.91 Å². The molecule has 0 spiro atoms. The van der Waals surface area contributed by atoms with Gasteiger partial charge < -0.3 is 5.11 Å². The summed E-state index contributed by atoms with van der Waals surface area (Å²) in [7, 11) is 0. The number of carbonyl (C=O) groups excluding carboxylic acids is 1. The molecule has 0 saturated carbocycles. The monoisotopic (exact) mass is 322 g/mol. The molecule has 1 aromatic carbocycles. The maximum absolute atomic E-state index is 12.9. The van der Waals surface area contributed by atoms with Crippen molar-refractivity contribution in [2.45, 2.75) is 31.5 Å². The molecule has 2 atom stereocenters. The van der Waals surface area contributed by atoms with Crippen LogP contribution in [0.5, 0.6) is 0 Å². The van der Waals surface area contributed by atoms with Crippen LogP contribution < -0.4 is 10.8 Å². The molecular weight excluding hydrogens is 306 g/mol. The van der Waals surface area contributed by atoms with Gasteiger partial charge in [-0.1, -0.05) is 18.1 Å². The number of hydroxylamine groups is 1. The Kier molecular flexibility index (Phi) is 6.67. The molecule has 0 aliphatic rings. The molecule has 2 unspecified atom stereocenters. The molecule has 7 heteroatoms. The second-order valence-corrected chi connectivity index (χ2v) is 4.91. The molecule has 0 fully saturated rings. The number of nitrogens with one attached hydrogen (secondary N) is 2. The van der Waals surface area contributed by atoms with Gasteiger partial charge in [-0.15, -0.1) is 6.42 Å². The molecule has 0 aromatic heterocycles. The minimum atomic E-state index is -3.18. The fourth-order valence-corrected chi connectivity index (χ4v) is 1.79. The summed E-state index contributed by atoms with van der Waals surface area (Å²) >= 11 is 0. The van der Waals surface area contributed by atoms with Crippen LogP contribution in [0.3, 0.4) is 0 Å². The summed E-state index contributed by atoms with van der Waals surface area (Å²) in [5.41, 5.74) is -0.0443. The molecule has 5 nitrogen and oxygen atoms in total. The van der Waals surface area contributed by atoms with Crippen LogP contribution in [0, 0.1) is 24.2 Å². The van der Waals surface area contributed by atoms with Gasteiger partial charge in [0.2, 0.25) is 0 Å². The molecule has 4 N–H and O–H groups in total. The van der Waals surface area contributed by atoms with Gasteiger partial charge in [0.15, 0.2) is 0 Å². The SMILES string of the molecule is C#CC#Cc1ccc(CNC(C(=O)NO)C(C)(O)C(F)F)cc1. The molecular formula is C16H16F2N2O3. The van der Waals surface area contributed by atoms with Crippen LogP contribution in [0.15, 0.2) is 24.3 Å². The summed E-state index contributed by atoms with van der Waals surface area (Å²) in [6.45, 7) is 0.826. The van der Waals surface area contributed by atoms with E-state index in [1.165, 1.54) is 5.48 Å². The van der Waals surface area contributed by atoms with E-state index >= 15 is 0 Å². The first-order valence-electron chi connectivity index (χ1n) is 6.56. The van der Waals surface area contributed by atoms with E-state index in [4.69, 9.17) is 11.6 Å². The van der Waals surface area contributed by atoms with Crippen LogP contribution in [0.4, 0.5) is 8.78 Å². The summed E-state index contributed by atoms with van der Waals surface area (Å²) in [5.74, 6) is 6.18. The van der Waals surface area contributed by atoms with E-state index in [0.717, 1.165) is 6.92 Å². The van der Waals surface area contributed by atoms with Crippen LogP contribution in [0.2, 0.25) is 0 Å². The van der Waals surface area contributed by atoms with Crippen LogP contribution in [0.25, 0.3) is 0 Å². The van der Waals surface area contributed by atoms with Gasteiger partial charge in [-0.25, -0.2) is 14.3 Å². The topological polar surface area (TPSA) is 81.6 Å². The highest BCUT2D eigenvalue weighted by molar-refractivity contribution is 5.82. The van der Waals surface area contributed by atoms with Crippen molar-refractivity contribution < 1.29 is 23.9 Å². The van der Waals surface area contributed by atoms with Gasteiger partial charge in [0, 0.05) is 12.1 Å². The lowest BCUT2D eigenvalue weighted by Gasteiger charge is -2.31. The van der Waals surface area contributed by atoms with Crippen molar-refractivity contribution in [3.05, 3.63) is 35.4 Å². The van der Waals surface area contributed by atoms with E-state index in [1.807, 2.05) is 0 Å². The number of amides is 1. The molecule has 0 saturated heterocycles. The Morgan fingerprint density at radius 2 is 2.00 bits per heavy atom. The number of rotatable bonds is 6. The number of halogens is 2. The summed E-state index contributed by atoms with van der Waals surface area (Å²) in [5, 5.41) is 20.9. The third-order valence-electron chi connectivity index (χ3n) is 3.14. The van der Waals surface area contributed by atoms with Gasteiger partial charge in [0.05, 0.1) is 0 Å². The van der Waals surface area contributed by atoms with Gasteiger partial charge in [0.25, 0.3) is 12.3 Å². The van der Waals surface area contributed by atoms with Crippen molar-refractivity contribution in [3.8, 4) is 24.2 Å². The first-order valence-corrected chi connectivity index (χ1v) is 6.56. The molecule has 0 aliphatic heterocycles. The number of carbonyl (C=O) groups is 1. The van der Waals surface area contributed by atoms with Gasteiger partial charge in [-0.3, -0.25) is 15.3 Å². The van der Waals surface area contributed by atoms with E-state index in [1.54, 1.807) is 24.3 Å². The highest BCUT2D eigenvalue weighted by atomic mass is 19.3. The number of aliphatic hydroxyl groups is 1. The van der Waals surface area contributed by atoms with E-state index in [9.17, 15) is 18.7 Å². The first kappa shape index (κ1) is 18.6. The maximum atomic E-state index is 12.9. The van der Waals surface area contributed by atoms with Gasteiger partial charge in [-0.05, 0) is 36.5 Å². The van der Waals surface area contributed by atoms with E-state index in [-0.39, 0.29) is 6.54 Å². The van der Waals surface area contributed by atoms with Crippen molar-refractivity contribution in [2.24, 2.45) is 0 Å². The lowest BCUT2D eigenvalue weighted by molar-refractivity contribution is -0.150. The average molecular weight is 322 g/mol. The van der Waals surface area contributed by atoms with Crippen LogP contribution >= 0.6 is 0 Å². The van der Waals surface area contributed by atoms with Crippen LogP contribution in [0.1, 0.15) is 18.1 Å². The Morgan fingerprint density at radius 3 is 2.48 bits per heavy atom. The quantitative estimate of drug-likeness (QED) is 0.352. The highest BCUT2D eigenvalue weighted by Crippen LogP contribution is 2.20. The third kappa shape index (κ3) is 5.04. The van der Waals surface area contributed by atoms with Crippen LogP contribution in [-0.4, -0.2) is 34.3 Å². The van der Waals surface area contributed by atoms with Gasteiger partial charge >= 0.3 is 0 Å². The maximum Gasteiger partial charge on any atom is 0.268 e. The first-order chi connectivity index (χ1) is 10.8. The molecule has 1 aromatic rings. The van der Waals surface area contributed by atoms with E-state index < -0.39 is 24.0 Å². The summed E-state index contributed by atoms with van der Waals surface area (Å²) in [6, 6.07) is 4.98. The molecule has 0 radical (unpaired) electrons. The molecule has 122 valence electrons. The lowest BCUT2D eigenvalue weighted by Crippen LogP contribution is -2.60. The Bertz CT molecular complexity index is 640. The minimum Gasteiger partial charge on any atom is -0.382 e. The van der Waals surface area contributed by atoms with Crippen LogP contribution in [-0.2, 0) is 11.3 Å². The standard InChI is InChI=1S/C16H16F2N2O3/c1-3-4-5-11-6-8-12(9-7-11)10-19-13(14(21)20-23)16(2,22)15(17)18/h1,6-9,13,15,19,22-23H,10H2,2H3,(H,20,21). The molecule has 1 rings (SSSR count). The van der Waals surface area contributed by atoms with E-state index in [0.29, 0.717) is 11.1 Å². The predicted molar refractivity (Wildman–Crippen MR) is 79.3 cm³/mol. The largest absolute Gasteiger partial charge is 0.382 e. The fraction of sp³-hybridized carbons (Fsp3) is 0.312. The molecule has 0 bridgehead atoms. The molecule has 1 amide bonds. The summed E-state index contributed by atoms with van der Waals surface area (Å²) < 4.78 is 25.7. The summed E-state index contributed by atoms with van der Waals surface area (Å²) in [4.78, 5) is 11.5. The van der Waals surface area contributed by atoms with Gasteiger partial charge in [-0.2, -0.15) is 0 Å². The average Bonchev–Trinajstić information content (AvgIpc) is 2.53. The Hall–Kier alpha value is -2.45. The number of hydrogen-bond donors (Lipinski definition) is 4. The lowest BCUT2D eigenvalue weighted by atomic mass is 9.96. The second-order valence-electron chi connectivity index (χ2n) is 4.91. The Morgan fingerprint density at radius 1 is 1.39 bits per heavy atom. The summed E-state index contributed by atoms with van der Waals surface area (Å²) in [6.07, 6.45) is 1.84. The zero-order chi connectivity index (χ0) is 17.5. The van der Waals surface area contributed by atoms with E-state index in [2.05, 4.69) is 23.1 Å². The van der Waals surface area contributed by atoms with Crippen molar-refractivity contribution in [2.75, 3.05) is 0 Å². The number of hydrogen-bond acceptors (Lipinski definition) is 4. The second kappa shape index (κ2) is 8.25.